The van der Waals surface area contributed by atoms with Crippen LogP contribution in [0.5, 0.6) is 0 Å². The third kappa shape index (κ3) is 2.40. The van der Waals surface area contributed by atoms with Crippen LogP contribution in [0.2, 0.25) is 0 Å². The van der Waals surface area contributed by atoms with Crippen molar-refractivity contribution in [1.82, 2.24) is 4.90 Å². The maximum Gasteiger partial charge on any atom is 0.0951 e. The van der Waals surface area contributed by atoms with Crippen molar-refractivity contribution in [2.75, 3.05) is 32.9 Å². The molecule has 0 aromatic rings. The Morgan fingerprint density at radius 1 is 1.28 bits per heavy atom. The summed E-state index contributed by atoms with van der Waals surface area (Å²) in [6, 6.07) is 3.03. The quantitative estimate of drug-likeness (QED) is 0.708. The summed E-state index contributed by atoms with van der Waals surface area (Å²) >= 11 is 0. The second kappa shape index (κ2) is 5.16. The molecule has 100 valence electrons. The van der Waals surface area contributed by atoms with E-state index in [0.29, 0.717) is 6.04 Å². The topological polar surface area (TPSA) is 45.5 Å². The second-order valence-electron chi connectivity index (χ2n) is 5.94. The number of nitrogens with zero attached hydrogens (tertiary/aromatic N) is 2. The van der Waals surface area contributed by atoms with Crippen LogP contribution in [0.4, 0.5) is 0 Å². The lowest BCUT2D eigenvalue weighted by atomic mass is 9.87. The smallest absolute Gasteiger partial charge is 0.0951 e. The fourth-order valence-corrected chi connectivity index (χ4v) is 3.62. The van der Waals surface area contributed by atoms with Gasteiger partial charge in [-0.25, -0.2) is 0 Å². The summed E-state index contributed by atoms with van der Waals surface area (Å²) in [6.45, 7) is 4.56. The van der Waals surface area contributed by atoms with Gasteiger partial charge in [0.2, 0.25) is 0 Å². The molecule has 3 unspecified atom stereocenters. The van der Waals surface area contributed by atoms with E-state index in [4.69, 9.17) is 14.7 Å². The van der Waals surface area contributed by atoms with Crippen LogP contribution in [0, 0.1) is 17.2 Å². The zero-order chi connectivity index (χ0) is 12.4. The Hall–Kier alpha value is -0.630. The first-order valence-electron chi connectivity index (χ1n) is 7.17. The van der Waals surface area contributed by atoms with Gasteiger partial charge in [0.05, 0.1) is 24.2 Å². The minimum absolute atomic E-state index is 0.0114. The van der Waals surface area contributed by atoms with Gasteiger partial charge < -0.3 is 9.47 Å². The van der Waals surface area contributed by atoms with Crippen molar-refractivity contribution in [2.24, 2.45) is 5.92 Å². The van der Waals surface area contributed by atoms with Crippen LogP contribution in [0.25, 0.3) is 0 Å². The van der Waals surface area contributed by atoms with Crippen molar-refractivity contribution in [2.45, 2.75) is 43.7 Å². The molecule has 3 heterocycles. The molecule has 18 heavy (non-hydrogen) atoms. The van der Waals surface area contributed by atoms with Crippen molar-refractivity contribution < 1.29 is 9.47 Å². The Labute approximate surface area is 109 Å². The lowest BCUT2D eigenvalue weighted by Crippen LogP contribution is -2.51. The monoisotopic (exact) mass is 250 g/mol. The zero-order valence-corrected chi connectivity index (χ0v) is 10.9. The van der Waals surface area contributed by atoms with E-state index >= 15 is 0 Å². The Morgan fingerprint density at radius 2 is 2.22 bits per heavy atom. The van der Waals surface area contributed by atoms with Gasteiger partial charge in [-0.1, -0.05) is 0 Å². The molecule has 3 rings (SSSR count). The number of hydrogen-bond acceptors (Lipinski definition) is 4. The Morgan fingerprint density at radius 3 is 3.00 bits per heavy atom. The normalized spacial score (nSPS) is 41.9. The van der Waals surface area contributed by atoms with Gasteiger partial charge in [0.1, 0.15) is 0 Å². The van der Waals surface area contributed by atoms with Crippen LogP contribution < -0.4 is 0 Å². The van der Waals surface area contributed by atoms with E-state index in [1.807, 2.05) is 0 Å². The van der Waals surface area contributed by atoms with Crippen LogP contribution in [-0.4, -0.2) is 49.5 Å². The van der Waals surface area contributed by atoms with Crippen LogP contribution in [0.1, 0.15) is 32.1 Å². The van der Waals surface area contributed by atoms with Crippen LogP contribution in [-0.2, 0) is 9.47 Å². The molecular formula is C14H22N2O2. The van der Waals surface area contributed by atoms with Crippen molar-refractivity contribution in [3.8, 4) is 6.07 Å². The molecule has 0 saturated carbocycles. The highest BCUT2D eigenvalue weighted by molar-refractivity contribution is 4.96. The van der Waals surface area contributed by atoms with Crippen LogP contribution in [0.15, 0.2) is 0 Å². The maximum atomic E-state index is 9.09. The van der Waals surface area contributed by atoms with Gasteiger partial charge in [-0.15, -0.1) is 0 Å². The summed E-state index contributed by atoms with van der Waals surface area (Å²) in [6.07, 6.45) is 5.48. The van der Waals surface area contributed by atoms with Gasteiger partial charge in [0.15, 0.2) is 0 Å². The van der Waals surface area contributed by atoms with Gasteiger partial charge >= 0.3 is 0 Å². The zero-order valence-electron chi connectivity index (χ0n) is 10.9. The Kier molecular flexibility index (Phi) is 3.56. The van der Waals surface area contributed by atoms with E-state index in [2.05, 4.69) is 11.0 Å². The largest absolute Gasteiger partial charge is 0.378 e. The highest BCUT2D eigenvalue weighted by Gasteiger charge is 2.43. The molecule has 3 fully saturated rings. The van der Waals surface area contributed by atoms with Gasteiger partial charge in [-0.2, -0.15) is 5.26 Å². The average Bonchev–Trinajstić information content (AvgIpc) is 2.87. The lowest BCUT2D eigenvalue weighted by Gasteiger charge is -2.44. The molecule has 0 aliphatic carbocycles. The molecule has 0 aromatic carbocycles. The number of nitriles is 1. The molecule has 1 spiro atoms. The lowest BCUT2D eigenvalue weighted by molar-refractivity contribution is -0.109. The van der Waals surface area contributed by atoms with Gasteiger partial charge in [0.25, 0.3) is 0 Å². The fourth-order valence-electron chi connectivity index (χ4n) is 3.62. The molecule has 0 aromatic heterocycles. The summed E-state index contributed by atoms with van der Waals surface area (Å²) in [5.41, 5.74) is -0.0114. The second-order valence-corrected chi connectivity index (χ2v) is 5.94. The van der Waals surface area contributed by atoms with E-state index < -0.39 is 0 Å². The van der Waals surface area contributed by atoms with E-state index in [1.54, 1.807) is 0 Å². The molecular weight excluding hydrogens is 228 g/mol. The summed E-state index contributed by atoms with van der Waals surface area (Å²) in [5, 5.41) is 9.09. The molecule has 4 heteroatoms. The first-order chi connectivity index (χ1) is 8.81. The molecule has 3 saturated heterocycles. The van der Waals surface area contributed by atoms with Crippen LogP contribution >= 0.6 is 0 Å². The third-order valence-corrected chi connectivity index (χ3v) is 4.69. The molecule has 0 radical (unpaired) electrons. The summed E-state index contributed by atoms with van der Waals surface area (Å²) in [5.74, 6) is 0.234. The van der Waals surface area contributed by atoms with Crippen molar-refractivity contribution >= 4 is 0 Å². The minimum atomic E-state index is -0.0114. The van der Waals surface area contributed by atoms with Gasteiger partial charge in [-0.05, 0) is 32.2 Å². The molecule has 3 atom stereocenters. The molecule has 3 aliphatic heterocycles. The highest BCUT2D eigenvalue weighted by Crippen LogP contribution is 2.35. The SMILES string of the molecule is N#CC1CCCN(C2CCOC3(CCOC3)C2)C1. The summed E-state index contributed by atoms with van der Waals surface area (Å²) < 4.78 is 11.5. The van der Waals surface area contributed by atoms with Crippen molar-refractivity contribution in [1.29, 1.82) is 5.26 Å². The van der Waals surface area contributed by atoms with Gasteiger partial charge in [0, 0.05) is 32.2 Å². The molecule has 0 N–H and O–H groups in total. The first-order valence-corrected chi connectivity index (χ1v) is 7.17. The summed E-state index contributed by atoms with van der Waals surface area (Å²) in [4.78, 5) is 2.53. The predicted octanol–water partition coefficient (Wildman–Crippen LogP) is 1.56. The van der Waals surface area contributed by atoms with E-state index in [-0.39, 0.29) is 11.5 Å². The van der Waals surface area contributed by atoms with E-state index in [1.165, 1.54) is 6.42 Å². The number of hydrogen-bond donors (Lipinski definition) is 0. The fraction of sp³-hybridized carbons (Fsp3) is 0.929. The summed E-state index contributed by atoms with van der Waals surface area (Å²) in [7, 11) is 0. The molecule has 4 nitrogen and oxygen atoms in total. The van der Waals surface area contributed by atoms with Crippen LogP contribution in [0.3, 0.4) is 0 Å². The average molecular weight is 250 g/mol. The number of piperidine rings is 1. The van der Waals surface area contributed by atoms with E-state index in [0.717, 1.165) is 58.6 Å². The maximum absolute atomic E-state index is 9.09. The number of rotatable bonds is 1. The van der Waals surface area contributed by atoms with Crippen molar-refractivity contribution in [3.63, 3.8) is 0 Å². The molecule has 0 bridgehead atoms. The molecule has 3 aliphatic rings. The van der Waals surface area contributed by atoms with E-state index in [9.17, 15) is 0 Å². The number of ether oxygens (including phenoxy) is 2. The first kappa shape index (κ1) is 12.4. The van der Waals surface area contributed by atoms with Gasteiger partial charge in [-0.3, -0.25) is 4.90 Å². The Bertz CT molecular complexity index is 333. The molecule has 0 amide bonds. The highest BCUT2D eigenvalue weighted by atomic mass is 16.6. The number of likely N-dealkylation sites (tertiary alicyclic amines) is 1. The minimum Gasteiger partial charge on any atom is -0.378 e. The van der Waals surface area contributed by atoms with Crippen molar-refractivity contribution in [3.05, 3.63) is 0 Å². The predicted molar refractivity (Wildman–Crippen MR) is 67.1 cm³/mol. The Balaban J connectivity index is 1.63. The third-order valence-electron chi connectivity index (χ3n) is 4.69. The standard InChI is InChI=1S/C14H22N2O2/c15-9-12-2-1-5-16(10-12)13-3-6-18-14(8-13)4-7-17-11-14/h12-13H,1-8,10-11H2.